The van der Waals surface area contributed by atoms with Gasteiger partial charge in [-0.05, 0) is 32.0 Å². The molecular formula is C12H18N2. The summed E-state index contributed by atoms with van der Waals surface area (Å²) in [5.41, 5.74) is 1.42. The van der Waals surface area contributed by atoms with E-state index in [2.05, 4.69) is 48.0 Å². The zero-order chi connectivity index (χ0) is 9.80. The molecule has 1 aromatic carbocycles. The molecule has 0 radical (unpaired) electrons. The second-order valence-electron chi connectivity index (χ2n) is 3.93. The summed E-state index contributed by atoms with van der Waals surface area (Å²) in [5.74, 6) is 0. The van der Waals surface area contributed by atoms with Crippen LogP contribution < -0.4 is 10.6 Å². The molecule has 0 aromatic heterocycles. The van der Waals surface area contributed by atoms with E-state index in [1.807, 2.05) is 0 Å². The van der Waals surface area contributed by atoms with E-state index in [0.29, 0.717) is 12.1 Å². The first kappa shape index (κ1) is 9.69. The number of rotatable bonds is 3. The van der Waals surface area contributed by atoms with Crippen LogP contribution in [-0.4, -0.2) is 25.7 Å². The Morgan fingerprint density at radius 1 is 1.36 bits per heavy atom. The van der Waals surface area contributed by atoms with Crippen molar-refractivity contribution in [3.05, 3.63) is 35.9 Å². The van der Waals surface area contributed by atoms with Crippen LogP contribution >= 0.6 is 0 Å². The zero-order valence-electron chi connectivity index (χ0n) is 8.66. The highest BCUT2D eigenvalue weighted by atomic mass is 15.0. The van der Waals surface area contributed by atoms with Crippen LogP contribution in [-0.2, 0) is 6.42 Å². The maximum absolute atomic E-state index is 3.54. The van der Waals surface area contributed by atoms with Crippen molar-refractivity contribution in [2.24, 2.45) is 0 Å². The van der Waals surface area contributed by atoms with Crippen molar-refractivity contribution in [2.45, 2.75) is 24.9 Å². The summed E-state index contributed by atoms with van der Waals surface area (Å²) in [4.78, 5) is 0. The molecule has 0 spiro atoms. The van der Waals surface area contributed by atoms with Gasteiger partial charge >= 0.3 is 0 Å². The monoisotopic (exact) mass is 190 g/mol. The normalized spacial score (nSPS) is 26.6. The molecule has 1 saturated heterocycles. The van der Waals surface area contributed by atoms with E-state index in [-0.39, 0.29) is 0 Å². The van der Waals surface area contributed by atoms with E-state index >= 15 is 0 Å². The average molecular weight is 190 g/mol. The smallest absolute Gasteiger partial charge is 0.0261 e. The first-order valence-electron chi connectivity index (χ1n) is 5.34. The molecule has 0 aliphatic carbocycles. The highest BCUT2D eigenvalue weighted by molar-refractivity contribution is 5.17. The standard InChI is InChI=1S/C12H18N2/c1-13-11-7-8-14-12(11)9-10-5-3-2-4-6-10/h2-6,11-14H,7-9H2,1H3. The predicted octanol–water partition coefficient (Wildman–Crippen LogP) is 1.18. The number of nitrogens with one attached hydrogen (secondary N) is 2. The Balaban J connectivity index is 1.97. The SMILES string of the molecule is CNC1CCNC1Cc1ccccc1. The molecule has 0 saturated carbocycles. The number of benzene rings is 1. The average Bonchev–Trinajstić information content (AvgIpc) is 2.67. The van der Waals surface area contributed by atoms with E-state index in [9.17, 15) is 0 Å². The van der Waals surface area contributed by atoms with Crippen molar-refractivity contribution >= 4 is 0 Å². The third-order valence-electron chi connectivity index (χ3n) is 3.02. The van der Waals surface area contributed by atoms with Gasteiger partial charge < -0.3 is 10.6 Å². The Hall–Kier alpha value is -0.860. The van der Waals surface area contributed by atoms with Crippen LogP contribution in [0.1, 0.15) is 12.0 Å². The number of hydrogen-bond donors (Lipinski definition) is 2. The Labute approximate surface area is 85.7 Å². The van der Waals surface area contributed by atoms with Crippen molar-refractivity contribution < 1.29 is 0 Å². The van der Waals surface area contributed by atoms with E-state index in [1.54, 1.807) is 0 Å². The summed E-state index contributed by atoms with van der Waals surface area (Å²) in [7, 11) is 2.05. The summed E-state index contributed by atoms with van der Waals surface area (Å²) >= 11 is 0. The van der Waals surface area contributed by atoms with Crippen molar-refractivity contribution in [1.82, 2.24) is 10.6 Å². The molecule has 2 atom stereocenters. The van der Waals surface area contributed by atoms with E-state index in [1.165, 1.54) is 12.0 Å². The molecule has 2 unspecified atom stereocenters. The molecule has 1 aromatic rings. The van der Waals surface area contributed by atoms with Gasteiger partial charge in [0.05, 0.1) is 0 Å². The zero-order valence-corrected chi connectivity index (χ0v) is 8.66. The second kappa shape index (κ2) is 4.58. The van der Waals surface area contributed by atoms with Gasteiger partial charge in [0.25, 0.3) is 0 Å². The van der Waals surface area contributed by atoms with Crippen molar-refractivity contribution in [2.75, 3.05) is 13.6 Å². The van der Waals surface area contributed by atoms with Gasteiger partial charge in [-0.1, -0.05) is 30.3 Å². The van der Waals surface area contributed by atoms with E-state index in [0.717, 1.165) is 13.0 Å². The lowest BCUT2D eigenvalue weighted by Gasteiger charge is -2.18. The van der Waals surface area contributed by atoms with Crippen LogP contribution in [0.25, 0.3) is 0 Å². The van der Waals surface area contributed by atoms with Gasteiger partial charge in [0.1, 0.15) is 0 Å². The minimum Gasteiger partial charge on any atom is -0.315 e. The predicted molar refractivity (Wildman–Crippen MR) is 59.4 cm³/mol. The Morgan fingerprint density at radius 3 is 2.86 bits per heavy atom. The molecule has 14 heavy (non-hydrogen) atoms. The van der Waals surface area contributed by atoms with Crippen molar-refractivity contribution in [3.63, 3.8) is 0 Å². The minimum atomic E-state index is 0.599. The van der Waals surface area contributed by atoms with Crippen molar-refractivity contribution in [1.29, 1.82) is 0 Å². The van der Waals surface area contributed by atoms with Crippen molar-refractivity contribution in [3.8, 4) is 0 Å². The number of likely N-dealkylation sites (N-methyl/N-ethyl adjacent to an activating group) is 1. The molecule has 0 bridgehead atoms. The van der Waals surface area contributed by atoms with Gasteiger partial charge in [0, 0.05) is 12.1 Å². The summed E-state index contributed by atoms with van der Waals surface area (Å²) in [5, 5.41) is 6.92. The third-order valence-corrected chi connectivity index (χ3v) is 3.02. The van der Waals surface area contributed by atoms with Gasteiger partial charge in [-0.15, -0.1) is 0 Å². The molecule has 0 amide bonds. The highest BCUT2D eigenvalue weighted by Gasteiger charge is 2.24. The fourth-order valence-electron chi connectivity index (χ4n) is 2.20. The first-order valence-corrected chi connectivity index (χ1v) is 5.34. The second-order valence-corrected chi connectivity index (χ2v) is 3.93. The Bertz CT molecular complexity index is 271. The molecule has 1 fully saturated rings. The van der Waals surface area contributed by atoms with Crippen LogP contribution in [0, 0.1) is 0 Å². The third kappa shape index (κ3) is 2.14. The van der Waals surface area contributed by atoms with E-state index < -0.39 is 0 Å². The van der Waals surface area contributed by atoms with E-state index in [4.69, 9.17) is 0 Å². The van der Waals surface area contributed by atoms with Crippen LogP contribution in [0.4, 0.5) is 0 Å². The van der Waals surface area contributed by atoms with Gasteiger partial charge in [0.15, 0.2) is 0 Å². The molecule has 2 rings (SSSR count). The largest absolute Gasteiger partial charge is 0.315 e. The highest BCUT2D eigenvalue weighted by Crippen LogP contribution is 2.12. The molecule has 1 aliphatic heterocycles. The van der Waals surface area contributed by atoms with Gasteiger partial charge in [-0.2, -0.15) is 0 Å². The summed E-state index contributed by atoms with van der Waals surface area (Å²) in [6.07, 6.45) is 2.38. The van der Waals surface area contributed by atoms with Crippen LogP contribution in [0.5, 0.6) is 0 Å². The maximum atomic E-state index is 3.54. The Kier molecular flexibility index (Phi) is 3.17. The minimum absolute atomic E-state index is 0.599. The molecule has 2 N–H and O–H groups in total. The van der Waals surface area contributed by atoms with Gasteiger partial charge in [-0.25, -0.2) is 0 Å². The molecule has 2 nitrogen and oxygen atoms in total. The fraction of sp³-hybridized carbons (Fsp3) is 0.500. The summed E-state index contributed by atoms with van der Waals surface area (Å²) in [6.45, 7) is 1.14. The quantitative estimate of drug-likeness (QED) is 0.748. The van der Waals surface area contributed by atoms with Gasteiger partial charge in [0.2, 0.25) is 0 Å². The fourth-order valence-corrected chi connectivity index (χ4v) is 2.20. The number of hydrogen-bond acceptors (Lipinski definition) is 2. The van der Waals surface area contributed by atoms with Crippen LogP contribution in [0.3, 0.4) is 0 Å². The lowest BCUT2D eigenvalue weighted by molar-refractivity contribution is 0.479. The molecule has 2 heteroatoms. The van der Waals surface area contributed by atoms with Gasteiger partial charge in [-0.3, -0.25) is 0 Å². The molecule has 76 valence electrons. The Morgan fingerprint density at radius 2 is 2.14 bits per heavy atom. The molecule has 1 aliphatic rings. The molecule has 1 heterocycles. The summed E-state index contributed by atoms with van der Waals surface area (Å²) in [6, 6.07) is 11.9. The first-order chi connectivity index (χ1) is 6.90. The topological polar surface area (TPSA) is 24.1 Å². The van der Waals surface area contributed by atoms with Crippen LogP contribution in [0.15, 0.2) is 30.3 Å². The lowest BCUT2D eigenvalue weighted by atomic mass is 10.0. The molecular weight excluding hydrogens is 172 g/mol. The van der Waals surface area contributed by atoms with Crippen LogP contribution in [0.2, 0.25) is 0 Å². The maximum Gasteiger partial charge on any atom is 0.0261 e. The lowest BCUT2D eigenvalue weighted by Crippen LogP contribution is -2.40. The summed E-state index contributed by atoms with van der Waals surface area (Å²) < 4.78 is 0.